The number of aryl methyl sites for hydroxylation is 1. The molecule has 5 heteroatoms. The zero-order chi connectivity index (χ0) is 14.2. The molecule has 1 aromatic rings. The highest BCUT2D eigenvalue weighted by Crippen LogP contribution is 2.22. The fraction of sp³-hybridized carbons (Fsp3) is 0.571. The first-order valence-corrected chi connectivity index (χ1v) is 6.67. The number of aromatic nitrogens is 1. The van der Waals surface area contributed by atoms with E-state index >= 15 is 0 Å². The average molecular weight is 264 g/mol. The van der Waals surface area contributed by atoms with Gasteiger partial charge in [0.05, 0.1) is 0 Å². The highest BCUT2D eigenvalue weighted by molar-refractivity contribution is 5.87. The van der Waals surface area contributed by atoms with Crippen molar-refractivity contribution in [3.05, 3.63) is 33.7 Å². The van der Waals surface area contributed by atoms with E-state index in [0.29, 0.717) is 12.1 Å². The molecule has 0 spiro atoms. The van der Waals surface area contributed by atoms with Gasteiger partial charge in [-0.1, -0.05) is 0 Å². The Kier molecular flexibility index (Phi) is 3.64. The molecule has 1 N–H and O–H groups in total. The molecule has 104 valence electrons. The Labute approximate surface area is 112 Å². The van der Waals surface area contributed by atoms with Gasteiger partial charge in [-0.15, -0.1) is 0 Å². The monoisotopic (exact) mass is 264 g/mol. The Morgan fingerprint density at radius 3 is 2.42 bits per heavy atom. The maximum absolute atomic E-state index is 11.7. The molecule has 0 saturated carbocycles. The molecule has 0 bridgehead atoms. The minimum absolute atomic E-state index is 0.171. The Hall–Kier alpha value is -1.78. The van der Waals surface area contributed by atoms with E-state index in [0.717, 1.165) is 18.5 Å². The van der Waals surface area contributed by atoms with Crippen LogP contribution in [0, 0.1) is 6.92 Å². The van der Waals surface area contributed by atoms with Crippen LogP contribution in [0.2, 0.25) is 0 Å². The van der Waals surface area contributed by atoms with Gasteiger partial charge in [0.1, 0.15) is 5.56 Å². The molecule has 0 aromatic carbocycles. The van der Waals surface area contributed by atoms with Crippen molar-refractivity contribution >= 4 is 5.97 Å². The second kappa shape index (κ2) is 5.07. The van der Waals surface area contributed by atoms with E-state index < -0.39 is 11.4 Å². The third kappa shape index (κ3) is 2.50. The molecule has 1 saturated heterocycles. The van der Waals surface area contributed by atoms with Crippen LogP contribution < -0.4 is 10.4 Å². The van der Waals surface area contributed by atoms with Crippen LogP contribution >= 0.6 is 0 Å². The van der Waals surface area contributed by atoms with E-state index in [4.69, 9.17) is 5.11 Å². The summed E-state index contributed by atoms with van der Waals surface area (Å²) in [6, 6.07) is 2.08. The van der Waals surface area contributed by atoms with Crippen LogP contribution in [0.5, 0.6) is 0 Å². The summed E-state index contributed by atoms with van der Waals surface area (Å²) >= 11 is 0. The summed E-state index contributed by atoms with van der Waals surface area (Å²) in [6.45, 7) is 6.10. The Morgan fingerprint density at radius 2 is 1.89 bits per heavy atom. The van der Waals surface area contributed by atoms with Gasteiger partial charge in [-0.3, -0.25) is 9.47 Å². The molecule has 2 rings (SSSR count). The van der Waals surface area contributed by atoms with Gasteiger partial charge in [0.15, 0.2) is 5.43 Å². The Balaban J connectivity index is 2.51. The number of hydrogen-bond acceptors (Lipinski definition) is 3. The predicted octanol–water partition coefficient (Wildman–Crippen LogP) is 1.75. The molecular formula is C14H20N2O3. The van der Waals surface area contributed by atoms with Crippen molar-refractivity contribution in [1.29, 1.82) is 0 Å². The molecule has 1 aromatic heterocycles. The molecule has 0 aliphatic carbocycles. The number of aromatic carboxylic acids is 1. The first-order chi connectivity index (χ1) is 8.91. The van der Waals surface area contributed by atoms with Crippen molar-refractivity contribution in [2.75, 3.05) is 5.01 Å². The lowest BCUT2D eigenvalue weighted by molar-refractivity contribution is 0.0694. The SMILES string of the molecule is Cc1cc(=O)c(C(=O)O)cn1N1C(C)CCCC1C. The number of hydrogen-bond donors (Lipinski definition) is 1. The number of carboxylic acids is 1. The van der Waals surface area contributed by atoms with E-state index in [1.165, 1.54) is 18.7 Å². The fourth-order valence-corrected chi connectivity index (χ4v) is 2.86. The van der Waals surface area contributed by atoms with E-state index in [1.807, 2.05) is 11.6 Å². The second-order valence-corrected chi connectivity index (χ2v) is 5.35. The molecule has 2 unspecified atom stereocenters. The molecule has 1 fully saturated rings. The Bertz CT molecular complexity index is 540. The zero-order valence-corrected chi connectivity index (χ0v) is 11.6. The van der Waals surface area contributed by atoms with Crippen LogP contribution in [-0.2, 0) is 0 Å². The van der Waals surface area contributed by atoms with Gasteiger partial charge in [0, 0.05) is 30.0 Å². The van der Waals surface area contributed by atoms with E-state index in [-0.39, 0.29) is 5.56 Å². The highest BCUT2D eigenvalue weighted by Gasteiger charge is 2.26. The molecule has 19 heavy (non-hydrogen) atoms. The largest absolute Gasteiger partial charge is 0.477 e. The van der Waals surface area contributed by atoms with E-state index in [9.17, 15) is 9.59 Å². The van der Waals surface area contributed by atoms with E-state index in [2.05, 4.69) is 18.9 Å². The van der Waals surface area contributed by atoms with Gasteiger partial charge in [-0.2, -0.15) is 0 Å². The maximum Gasteiger partial charge on any atom is 0.341 e. The molecule has 1 aliphatic heterocycles. The first kappa shape index (κ1) is 13.6. The summed E-state index contributed by atoms with van der Waals surface area (Å²) in [5, 5.41) is 11.3. The van der Waals surface area contributed by atoms with Crippen molar-refractivity contribution in [3.63, 3.8) is 0 Å². The van der Waals surface area contributed by atoms with Crippen molar-refractivity contribution in [2.45, 2.75) is 52.1 Å². The van der Waals surface area contributed by atoms with Gasteiger partial charge in [-0.05, 0) is 40.0 Å². The summed E-state index contributed by atoms with van der Waals surface area (Å²) in [6.07, 6.45) is 4.80. The number of piperidine rings is 1. The summed E-state index contributed by atoms with van der Waals surface area (Å²) < 4.78 is 1.83. The van der Waals surface area contributed by atoms with Crippen molar-refractivity contribution in [2.24, 2.45) is 0 Å². The van der Waals surface area contributed by atoms with Crippen LogP contribution in [0.25, 0.3) is 0 Å². The van der Waals surface area contributed by atoms with Gasteiger partial charge < -0.3 is 10.1 Å². The predicted molar refractivity (Wildman–Crippen MR) is 73.4 cm³/mol. The fourth-order valence-electron chi connectivity index (χ4n) is 2.86. The standard InChI is InChI=1S/C14H20N2O3/c1-9-5-4-6-10(2)16(9)15-8-12(14(18)19)13(17)7-11(15)3/h7-10H,4-6H2,1-3H3,(H,18,19). The molecule has 0 amide bonds. The van der Waals surface area contributed by atoms with Crippen molar-refractivity contribution in [1.82, 2.24) is 4.68 Å². The summed E-state index contributed by atoms with van der Waals surface area (Å²) in [5.74, 6) is -1.17. The molecule has 0 radical (unpaired) electrons. The lowest BCUT2D eigenvalue weighted by atomic mass is 9.99. The number of carboxylic acid groups (broad SMARTS) is 1. The highest BCUT2D eigenvalue weighted by atomic mass is 16.4. The topological polar surface area (TPSA) is 62.5 Å². The summed E-state index contributed by atoms with van der Waals surface area (Å²) in [7, 11) is 0. The summed E-state index contributed by atoms with van der Waals surface area (Å²) in [5.41, 5.74) is 0.171. The lowest BCUT2D eigenvalue weighted by Crippen LogP contribution is -2.52. The van der Waals surface area contributed by atoms with Crippen molar-refractivity contribution < 1.29 is 9.90 Å². The van der Waals surface area contributed by atoms with Gasteiger partial charge in [0.25, 0.3) is 0 Å². The second-order valence-electron chi connectivity index (χ2n) is 5.35. The smallest absolute Gasteiger partial charge is 0.341 e. The molecule has 2 heterocycles. The summed E-state index contributed by atoms with van der Waals surface area (Å²) in [4.78, 5) is 22.8. The van der Waals surface area contributed by atoms with Crippen LogP contribution in [0.1, 0.15) is 49.2 Å². The van der Waals surface area contributed by atoms with Crippen LogP contribution in [0.15, 0.2) is 17.1 Å². The van der Waals surface area contributed by atoms with Gasteiger partial charge in [-0.25, -0.2) is 4.79 Å². The third-order valence-corrected chi connectivity index (χ3v) is 3.84. The Morgan fingerprint density at radius 1 is 1.32 bits per heavy atom. The normalized spacial score (nSPS) is 23.4. The molecule has 5 nitrogen and oxygen atoms in total. The minimum Gasteiger partial charge on any atom is -0.477 e. The maximum atomic E-state index is 11.7. The van der Waals surface area contributed by atoms with Crippen molar-refractivity contribution in [3.8, 4) is 0 Å². The molecule has 1 aliphatic rings. The van der Waals surface area contributed by atoms with Crippen LogP contribution in [-0.4, -0.2) is 27.8 Å². The number of pyridine rings is 1. The number of rotatable bonds is 2. The molecular weight excluding hydrogens is 244 g/mol. The number of carbonyl (C=O) groups is 1. The quantitative estimate of drug-likeness (QED) is 0.884. The van der Waals surface area contributed by atoms with Gasteiger partial charge >= 0.3 is 5.97 Å². The zero-order valence-electron chi connectivity index (χ0n) is 11.6. The third-order valence-electron chi connectivity index (χ3n) is 3.84. The average Bonchev–Trinajstić information content (AvgIpc) is 2.30. The van der Waals surface area contributed by atoms with Crippen LogP contribution in [0.4, 0.5) is 0 Å². The lowest BCUT2D eigenvalue weighted by Gasteiger charge is -2.42. The van der Waals surface area contributed by atoms with Gasteiger partial charge in [0.2, 0.25) is 0 Å². The number of nitrogens with zero attached hydrogens (tertiary/aromatic N) is 2. The molecule has 2 atom stereocenters. The van der Waals surface area contributed by atoms with E-state index in [1.54, 1.807) is 0 Å². The first-order valence-electron chi connectivity index (χ1n) is 6.67. The minimum atomic E-state index is -1.17. The van der Waals surface area contributed by atoms with Crippen LogP contribution in [0.3, 0.4) is 0 Å².